The number of benzene rings is 1. The summed E-state index contributed by atoms with van der Waals surface area (Å²) in [4.78, 5) is 0.191. The molecule has 1 aromatic rings. The number of hydrogen-bond donors (Lipinski definition) is 1. The Morgan fingerprint density at radius 1 is 1.25 bits per heavy atom. The van der Waals surface area contributed by atoms with E-state index in [1.165, 1.54) is 0 Å². The molecule has 0 heterocycles. The molecule has 0 unspecified atom stereocenters. The highest BCUT2D eigenvalue weighted by Gasteiger charge is 2.15. The summed E-state index contributed by atoms with van der Waals surface area (Å²) in [5.74, 6) is 0.684. The number of ether oxygens (including phenoxy) is 1. The molecule has 1 rings (SSSR count). The van der Waals surface area contributed by atoms with Crippen LogP contribution in [0, 0.1) is 13.8 Å². The van der Waals surface area contributed by atoms with Crippen molar-refractivity contribution in [2.24, 2.45) is 5.14 Å². The van der Waals surface area contributed by atoms with Gasteiger partial charge >= 0.3 is 0 Å². The van der Waals surface area contributed by atoms with Gasteiger partial charge in [0.15, 0.2) is 0 Å². The summed E-state index contributed by atoms with van der Waals surface area (Å²) in [5, 5.41) is 5.14. The summed E-state index contributed by atoms with van der Waals surface area (Å²) in [6.45, 7) is 6.06. The first-order valence-electron chi connectivity index (χ1n) is 5.13. The zero-order chi connectivity index (χ0) is 12.3. The van der Waals surface area contributed by atoms with Gasteiger partial charge in [0.05, 0.1) is 11.5 Å². The van der Waals surface area contributed by atoms with E-state index in [0.29, 0.717) is 23.5 Å². The van der Waals surface area contributed by atoms with Gasteiger partial charge in [0.1, 0.15) is 5.75 Å². The van der Waals surface area contributed by atoms with Crippen LogP contribution in [0.1, 0.15) is 24.5 Å². The second-order valence-corrected chi connectivity index (χ2v) is 5.28. The van der Waals surface area contributed by atoms with Crippen molar-refractivity contribution in [2.75, 3.05) is 6.61 Å². The minimum Gasteiger partial charge on any atom is -0.494 e. The maximum atomic E-state index is 11.3. The largest absolute Gasteiger partial charge is 0.494 e. The van der Waals surface area contributed by atoms with E-state index in [1.54, 1.807) is 26.0 Å². The highest BCUT2D eigenvalue weighted by Crippen LogP contribution is 2.24. The van der Waals surface area contributed by atoms with E-state index >= 15 is 0 Å². The van der Waals surface area contributed by atoms with Crippen molar-refractivity contribution in [3.8, 4) is 5.75 Å². The molecule has 0 saturated carbocycles. The Morgan fingerprint density at radius 3 is 2.12 bits per heavy atom. The lowest BCUT2D eigenvalue weighted by Crippen LogP contribution is -2.15. The second-order valence-electron chi connectivity index (χ2n) is 3.78. The first-order valence-corrected chi connectivity index (χ1v) is 6.67. The quantitative estimate of drug-likeness (QED) is 0.875. The minimum absolute atomic E-state index is 0.191. The SMILES string of the molecule is CCCOc1cc(C)c(S(N)(=O)=O)c(C)c1. The molecule has 0 bridgehead atoms. The van der Waals surface area contributed by atoms with Crippen molar-refractivity contribution in [2.45, 2.75) is 32.1 Å². The predicted octanol–water partition coefficient (Wildman–Crippen LogP) is 1.74. The zero-order valence-electron chi connectivity index (χ0n) is 9.78. The van der Waals surface area contributed by atoms with Crippen LogP contribution in [0.25, 0.3) is 0 Å². The molecule has 4 nitrogen and oxygen atoms in total. The van der Waals surface area contributed by atoms with Crippen molar-refractivity contribution in [1.82, 2.24) is 0 Å². The van der Waals surface area contributed by atoms with E-state index in [-0.39, 0.29) is 4.90 Å². The smallest absolute Gasteiger partial charge is 0.238 e. The second kappa shape index (κ2) is 4.84. The molecule has 90 valence electrons. The van der Waals surface area contributed by atoms with Gasteiger partial charge in [-0.3, -0.25) is 0 Å². The van der Waals surface area contributed by atoms with Crippen molar-refractivity contribution in [3.05, 3.63) is 23.3 Å². The maximum absolute atomic E-state index is 11.3. The fourth-order valence-electron chi connectivity index (χ4n) is 1.66. The third-order valence-electron chi connectivity index (χ3n) is 2.19. The molecule has 0 amide bonds. The molecule has 0 atom stereocenters. The molecule has 0 aliphatic rings. The van der Waals surface area contributed by atoms with Crippen LogP contribution in [-0.4, -0.2) is 15.0 Å². The molecule has 0 aromatic heterocycles. The molecule has 0 radical (unpaired) electrons. The van der Waals surface area contributed by atoms with E-state index in [9.17, 15) is 8.42 Å². The van der Waals surface area contributed by atoms with Crippen molar-refractivity contribution in [3.63, 3.8) is 0 Å². The lowest BCUT2D eigenvalue weighted by atomic mass is 10.1. The molecule has 2 N–H and O–H groups in total. The number of sulfonamides is 1. The molecule has 0 saturated heterocycles. The summed E-state index contributed by atoms with van der Waals surface area (Å²) in [6.07, 6.45) is 0.912. The van der Waals surface area contributed by atoms with E-state index < -0.39 is 10.0 Å². The van der Waals surface area contributed by atoms with Crippen LogP contribution < -0.4 is 9.88 Å². The van der Waals surface area contributed by atoms with Gasteiger partial charge in [0.2, 0.25) is 10.0 Å². The Kier molecular flexibility index (Phi) is 3.93. The monoisotopic (exact) mass is 243 g/mol. The average Bonchev–Trinajstić information content (AvgIpc) is 2.11. The zero-order valence-corrected chi connectivity index (χ0v) is 10.6. The number of primary sulfonamides is 1. The van der Waals surface area contributed by atoms with Crippen LogP contribution in [0.2, 0.25) is 0 Å². The molecular formula is C11H17NO3S. The lowest BCUT2D eigenvalue weighted by Gasteiger charge is -2.11. The van der Waals surface area contributed by atoms with Crippen molar-refractivity contribution >= 4 is 10.0 Å². The Morgan fingerprint density at radius 2 is 1.75 bits per heavy atom. The van der Waals surface area contributed by atoms with E-state index in [0.717, 1.165) is 6.42 Å². The highest BCUT2D eigenvalue weighted by molar-refractivity contribution is 7.89. The van der Waals surface area contributed by atoms with Crippen LogP contribution in [0.5, 0.6) is 5.75 Å². The molecule has 5 heteroatoms. The molecule has 0 aliphatic heterocycles. The van der Waals surface area contributed by atoms with Crippen LogP contribution in [0.15, 0.2) is 17.0 Å². The Hall–Kier alpha value is -1.07. The van der Waals surface area contributed by atoms with Gasteiger partial charge in [0.25, 0.3) is 0 Å². The van der Waals surface area contributed by atoms with E-state index in [4.69, 9.17) is 9.88 Å². The fourth-order valence-corrected chi connectivity index (χ4v) is 2.68. The van der Waals surface area contributed by atoms with Gasteiger partial charge in [-0.05, 0) is 43.5 Å². The Bertz CT molecular complexity index is 457. The average molecular weight is 243 g/mol. The summed E-state index contributed by atoms with van der Waals surface area (Å²) < 4.78 is 28.1. The van der Waals surface area contributed by atoms with Gasteiger partial charge < -0.3 is 4.74 Å². The first kappa shape index (κ1) is 13.0. The topological polar surface area (TPSA) is 69.4 Å². The third kappa shape index (κ3) is 2.96. The van der Waals surface area contributed by atoms with Gasteiger partial charge in [-0.2, -0.15) is 0 Å². The van der Waals surface area contributed by atoms with Gasteiger partial charge in [-0.15, -0.1) is 0 Å². The molecule has 16 heavy (non-hydrogen) atoms. The lowest BCUT2D eigenvalue weighted by molar-refractivity contribution is 0.317. The van der Waals surface area contributed by atoms with E-state index in [1.807, 2.05) is 6.92 Å². The number of aryl methyl sites for hydroxylation is 2. The molecule has 0 fully saturated rings. The molecule has 0 aliphatic carbocycles. The normalized spacial score (nSPS) is 11.5. The summed E-state index contributed by atoms with van der Waals surface area (Å²) in [7, 11) is -3.66. The predicted molar refractivity (Wildman–Crippen MR) is 63.1 cm³/mol. The highest BCUT2D eigenvalue weighted by atomic mass is 32.2. The van der Waals surface area contributed by atoms with Gasteiger partial charge in [-0.25, -0.2) is 13.6 Å². The van der Waals surface area contributed by atoms with Crippen LogP contribution >= 0.6 is 0 Å². The van der Waals surface area contributed by atoms with Crippen LogP contribution in [0.3, 0.4) is 0 Å². The molecular weight excluding hydrogens is 226 g/mol. The first-order chi connectivity index (χ1) is 7.36. The maximum Gasteiger partial charge on any atom is 0.238 e. The molecule has 1 aromatic carbocycles. The fraction of sp³-hybridized carbons (Fsp3) is 0.455. The summed E-state index contributed by atoms with van der Waals surface area (Å²) >= 11 is 0. The van der Waals surface area contributed by atoms with E-state index in [2.05, 4.69) is 0 Å². The molecule has 0 spiro atoms. The number of rotatable bonds is 4. The summed E-state index contributed by atoms with van der Waals surface area (Å²) in [6, 6.07) is 3.39. The van der Waals surface area contributed by atoms with Crippen LogP contribution in [0.4, 0.5) is 0 Å². The Balaban J connectivity index is 3.18. The Labute approximate surface area is 96.5 Å². The van der Waals surface area contributed by atoms with Crippen LogP contribution in [-0.2, 0) is 10.0 Å². The number of nitrogens with two attached hydrogens (primary N) is 1. The van der Waals surface area contributed by atoms with Crippen molar-refractivity contribution < 1.29 is 13.2 Å². The van der Waals surface area contributed by atoms with Gasteiger partial charge in [-0.1, -0.05) is 6.92 Å². The summed E-state index contributed by atoms with van der Waals surface area (Å²) in [5.41, 5.74) is 1.24. The third-order valence-corrected chi connectivity index (χ3v) is 3.40. The van der Waals surface area contributed by atoms with Gasteiger partial charge in [0, 0.05) is 0 Å². The van der Waals surface area contributed by atoms with Crippen molar-refractivity contribution in [1.29, 1.82) is 0 Å². The standard InChI is InChI=1S/C11H17NO3S/c1-4-5-15-10-6-8(2)11(9(3)7-10)16(12,13)14/h6-7H,4-5H2,1-3H3,(H2,12,13,14). The number of hydrogen-bond acceptors (Lipinski definition) is 3. The minimum atomic E-state index is -3.66.